The molecule has 0 radical (unpaired) electrons. The molecule has 0 saturated heterocycles. The lowest BCUT2D eigenvalue weighted by Crippen LogP contribution is -1.57. The minimum Gasteiger partial charge on any atom is -0.473 e. The minimum atomic E-state index is 0. The highest BCUT2D eigenvalue weighted by Gasteiger charge is 1.58. The summed E-state index contributed by atoms with van der Waals surface area (Å²) < 4.78 is 4.58. The highest BCUT2D eigenvalue weighted by molar-refractivity contribution is 4.79. The fraction of sp³-hybridized carbons (Fsp3) is 0.429. The first-order valence-electron chi connectivity index (χ1n) is 2.49. The number of hydrogen-bond donors (Lipinski definition) is 1. The van der Waals surface area contributed by atoms with Gasteiger partial charge in [0.2, 0.25) is 0 Å². The Morgan fingerprint density at radius 3 is 1.78 bits per heavy atom. The van der Waals surface area contributed by atoms with Crippen LogP contribution in [0.15, 0.2) is 29.1 Å². The van der Waals surface area contributed by atoms with Crippen molar-refractivity contribution >= 4 is 0 Å². The lowest BCUT2D eigenvalue weighted by Gasteiger charge is -1.52. The van der Waals surface area contributed by atoms with Crippen LogP contribution in [0.25, 0.3) is 0 Å². The fourth-order valence-corrected chi connectivity index (χ4v) is 0.227. The van der Waals surface area contributed by atoms with Gasteiger partial charge in [0.15, 0.2) is 0 Å². The first-order chi connectivity index (χ1) is 3.91. The molecule has 54 valence electrons. The van der Waals surface area contributed by atoms with E-state index in [9.17, 15) is 0 Å². The van der Waals surface area contributed by atoms with E-state index in [0.29, 0.717) is 0 Å². The van der Waals surface area contributed by atoms with Crippen molar-refractivity contribution < 1.29 is 9.52 Å². The van der Waals surface area contributed by atoms with E-state index in [1.165, 1.54) is 0 Å². The van der Waals surface area contributed by atoms with E-state index in [0.717, 1.165) is 0 Å². The predicted molar refractivity (Wildman–Crippen MR) is 38.2 cm³/mol. The van der Waals surface area contributed by atoms with Crippen molar-refractivity contribution in [3.63, 3.8) is 0 Å². The molecule has 2 nitrogen and oxygen atoms in total. The summed E-state index contributed by atoms with van der Waals surface area (Å²) in [4.78, 5) is 0. The average Bonchev–Trinajstić information content (AvgIpc) is 2.17. The number of aliphatic hydroxyl groups excluding tert-OH is 1. The molecule has 0 aliphatic heterocycles. The number of rotatable bonds is 0. The summed E-state index contributed by atoms with van der Waals surface area (Å²) in [5.74, 6) is 0. The maximum absolute atomic E-state index is 7.57. The maximum Gasteiger partial charge on any atom is 0.0902 e. The van der Waals surface area contributed by atoms with E-state index in [1.54, 1.807) is 19.5 Å². The largest absolute Gasteiger partial charge is 0.473 e. The fourth-order valence-electron chi connectivity index (χ4n) is 0.227. The first kappa shape index (κ1) is 11.1. The Bertz CT molecular complexity index is 73.8. The predicted octanol–water partition coefficient (Wildman–Crippen LogP) is 1.91. The zero-order valence-corrected chi connectivity index (χ0v) is 4.87. The average molecular weight is 130 g/mol. The Morgan fingerprint density at radius 1 is 1.33 bits per heavy atom. The molecule has 1 N–H and O–H groups in total. The molecule has 1 aromatic heterocycles. The molecule has 0 fully saturated rings. The van der Waals surface area contributed by atoms with Gasteiger partial charge in [0.05, 0.1) is 12.5 Å². The second kappa shape index (κ2) is 10.3. The van der Waals surface area contributed by atoms with Crippen molar-refractivity contribution in [1.82, 2.24) is 0 Å². The molecule has 1 aromatic rings. The smallest absolute Gasteiger partial charge is 0.0902 e. The minimum absolute atomic E-state index is 0. The normalized spacial score (nSPS) is 6.44. The summed E-state index contributed by atoms with van der Waals surface area (Å²) in [6.07, 6.45) is 3.25. The van der Waals surface area contributed by atoms with E-state index in [2.05, 4.69) is 4.42 Å². The highest BCUT2D eigenvalue weighted by atomic mass is 16.3. The summed E-state index contributed by atoms with van der Waals surface area (Å²) in [5.41, 5.74) is 0. The second-order valence-electron chi connectivity index (χ2n) is 1.11. The summed E-state index contributed by atoms with van der Waals surface area (Å²) in [7, 11) is 0. The van der Waals surface area contributed by atoms with E-state index in [4.69, 9.17) is 5.11 Å². The number of furan rings is 1. The van der Waals surface area contributed by atoms with Crippen molar-refractivity contribution in [2.24, 2.45) is 0 Å². The van der Waals surface area contributed by atoms with Gasteiger partial charge in [-0.3, -0.25) is 0 Å². The zero-order valence-electron chi connectivity index (χ0n) is 4.87. The van der Waals surface area contributed by atoms with Gasteiger partial charge in [-0.2, -0.15) is 0 Å². The number of aliphatic hydroxyl groups is 1. The maximum atomic E-state index is 7.57. The third kappa shape index (κ3) is 11.1. The summed E-state index contributed by atoms with van der Waals surface area (Å²) in [5, 5.41) is 7.57. The van der Waals surface area contributed by atoms with Gasteiger partial charge >= 0.3 is 0 Å². The first-order valence-corrected chi connectivity index (χ1v) is 2.49. The molecule has 0 aliphatic carbocycles. The standard InChI is InChI=1S/C4H4O.C2H6O.CH4/c1-2-4-5-3-1;1-2-3;/h1-4H;3H,2H2,1H3;1H4. The van der Waals surface area contributed by atoms with Crippen LogP contribution < -0.4 is 0 Å². The van der Waals surface area contributed by atoms with Crippen molar-refractivity contribution in [3.05, 3.63) is 24.7 Å². The molecular formula is C7H14O2. The van der Waals surface area contributed by atoms with Crippen LogP contribution >= 0.6 is 0 Å². The van der Waals surface area contributed by atoms with Crippen LogP contribution in [0.4, 0.5) is 0 Å². The summed E-state index contributed by atoms with van der Waals surface area (Å²) in [6, 6.07) is 3.67. The van der Waals surface area contributed by atoms with Crippen LogP contribution in [0, 0.1) is 0 Å². The highest BCUT2D eigenvalue weighted by Crippen LogP contribution is 1.79. The molecule has 0 aliphatic rings. The molecule has 0 amide bonds. The monoisotopic (exact) mass is 130 g/mol. The summed E-state index contributed by atoms with van der Waals surface area (Å²) in [6.45, 7) is 1.93. The van der Waals surface area contributed by atoms with Gasteiger partial charge in [-0.05, 0) is 19.1 Å². The van der Waals surface area contributed by atoms with E-state index >= 15 is 0 Å². The molecule has 0 bridgehead atoms. The van der Waals surface area contributed by atoms with Gasteiger partial charge < -0.3 is 9.52 Å². The van der Waals surface area contributed by atoms with Crippen LogP contribution in [0.2, 0.25) is 0 Å². The number of hydrogen-bond acceptors (Lipinski definition) is 2. The molecule has 0 spiro atoms. The van der Waals surface area contributed by atoms with Crippen molar-refractivity contribution in [1.29, 1.82) is 0 Å². The molecule has 1 heterocycles. The van der Waals surface area contributed by atoms with Crippen molar-refractivity contribution in [3.8, 4) is 0 Å². The van der Waals surface area contributed by atoms with Gasteiger partial charge in [0.1, 0.15) is 0 Å². The molecule has 0 saturated carbocycles. The van der Waals surface area contributed by atoms with Crippen LogP contribution in [0.5, 0.6) is 0 Å². The Balaban J connectivity index is 0. The molecular weight excluding hydrogens is 116 g/mol. The van der Waals surface area contributed by atoms with Crippen LogP contribution in [-0.4, -0.2) is 11.7 Å². The van der Waals surface area contributed by atoms with Gasteiger partial charge in [0, 0.05) is 6.61 Å². The Hall–Kier alpha value is -0.760. The van der Waals surface area contributed by atoms with E-state index in [-0.39, 0.29) is 14.0 Å². The Morgan fingerprint density at radius 2 is 1.67 bits per heavy atom. The molecule has 0 unspecified atom stereocenters. The van der Waals surface area contributed by atoms with Crippen LogP contribution in [0.3, 0.4) is 0 Å². The lowest BCUT2D eigenvalue weighted by molar-refractivity contribution is 0.318. The van der Waals surface area contributed by atoms with Crippen LogP contribution in [-0.2, 0) is 0 Å². The molecule has 0 aromatic carbocycles. The SMILES string of the molecule is C.CCO.c1ccoc1. The third-order valence-corrected chi connectivity index (χ3v) is 0.425. The topological polar surface area (TPSA) is 33.4 Å². The van der Waals surface area contributed by atoms with Crippen molar-refractivity contribution in [2.45, 2.75) is 14.4 Å². The van der Waals surface area contributed by atoms with Gasteiger partial charge in [-0.1, -0.05) is 7.43 Å². The van der Waals surface area contributed by atoms with Crippen molar-refractivity contribution in [2.75, 3.05) is 6.61 Å². The Labute approximate surface area is 56.1 Å². The van der Waals surface area contributed by atoms with E-state index < -0.39 is 0 Å². The van der Waals surface area contributed by atoms with Gasteiger partial charge in [-0.25, -0.2) is 0 Å². The summed E-state index contributed by atoms with van der Waals surface area (Å²) >= 11 is 0. The molecule has 9 heavy (non-hydrogen) atoms. The second-order valence-corrected chi connectivity index (χ2v) is 1.11. The van der Waals surface area contributed by atoms with Crippen LogP contribution in [0.1, 0.15) is 14.4 Å². The van der Waals surface area contributed by atoms with Gasteiger partial charge in [-0.15, -0.1) is 0 Å². The molecule has 0 atom stereocenters. The Kier molecular flexibility index (Phi) is 12.7. The molecule has 1 rings (SSSR count). The zero-order chi connectivity index (χ0) is 6.24. The van der Waals surface area contributed by atoms with E-state index in [1.807, 2.05) is 12.1 Å². The third-order valence-electron chi connectivity index (χ3n) is 0.425. The molecule has 2 heteroatoms. The quantitative estimate of drug-likeness (QED) is 0.582. The lowest BCUT2D eigenvalue weighted by atomic mass is 10.7. The van der Waals surface area contributed by atoms with Gasteiger partial charge in [0.25, 0.3) is 0 Å².